The fourth-order valence-corrected chi connectivity index (χ4v) is 23.4. The van der Waals surface area contributed by atoms with Crippen LogP contribution in [-0.2, 0) is 0 Å². The van der Waals surface area contributed by atoms with Crippen molar-refractivity contribution in [3.05, 3.63) is 0 Å². The molecule has 0 heterocycles. The molecule has 418 valence electrons. The first kappa shape index (κ1) is 61.8. The van der Waals surface area contributed by atoms with E-state index in [0.29, 0.717) is 48.7 Å². The number of rotatable bonds is 5. The maximum atomic E-state index is 2.56. The minimum absolute atomic E-state index is 0. The average Bonchev–Trinajstić information content (AvgIpc) is 3.18. The van der Waals surface area contributed by atoms with Gasteiger partial charge in [0.15, 0.2) is 0 Å². The first-order chi connectivity index (χ1) is 32.2. The highest BCUT2D eigenvalue weighted by molar-refractivity contribution is 5.05. The van der Waals surface area contributed by atoms with E-state index in [1.54, 1.807) is 0 Å². The summed E-state index contributed by atoms with van der Waals surface area (Å²) >= 11 is 0. The highest BCUT2D eigenvalue weighted by Gasteiger charge is 2.55. The molecule has 10 bridgehead atoms. The molecule has 0 heteroatoms. The van der Waals surface area contributed by atoms with Crippen LogP contribution >= 0.6 is 0 Å². The molecular weight excluding hydrogens is 853 g/mol. The second-order valence-corrected chi connectivity index (χ2v) is 34.6. The molecule has 0 nitrogen and oxygen atoms in total. The highest BCUT2D eigenvalue weighted by Crippen LogP contribution is 2.65. The van der Waals surface area contributed by atoms with Gasteiger partial charge in [-0.2, -0.15) is 0 Å². The Labute approximate surface area is 449 Å². The van der Waals surface area contributed by atoms with Gasteiger partial charge in [-0.05, 0) is 255 Å². The molecular formula is C71H134. The van der Waals surface area contributed by atoms with Gasteiger partial charge in [0.25, 0.3) is 0 Å². The molecule has 0 aromatic rings. The second-order valence-electron chi connectivity index (χ2n) is 34.6. The van der Waals surface area contributed by atoms with Crippen LogP contribution in [0.1, 0.15) is 345 Å². The molecule has 0 amide bonds. The van der Waals surface area contributed by atoms with Crippen LogP contribution in [0.25, 0.3) is 0 Å². The van der Waals surface area contributed by atoms with Crippen LogP contribution in [-0.4, -0.2) is 0 Å². The third-order valence-electron chi connectivity index (χ3n) is 25.6. The van der Waals surface area contributed by atoms with E-state index in [0.717, 1.165) is 58.2 Å². The molecule has 10 aliphatic carbocycles. The van der Waals surface area contributed by atoms with Gasteiger partial charge in [-0.15, -0.1) is 0 Å². The molecule has 0 aromatic carbocycles. The van der Waals surface area contributed by atoms with Gasteiger partial charge < -0.3 is 0 Å². The van der Waals surface area contributed by atoms with Crippen LogP contribution < -0.4 is 0 Å². The van der Waals surface area contributed by atoms with Gasteiger partial charge >= 0.3 is 0 Å². The first-order valence-corrected chi connectivity index (χ1v) is 32.2. The standard InChI is InChI=1S/C15H28.3C14H26.C13H24.CH4/c1-12(2)15(5)10-13(3)7-6-8-14(4,9-13)11-15;2*1-11(2)12-13(3)7-5-9-14(12,4)10-6-8-13;1-11(2)12-8-13(3)6-5-7-14(4,9-12)10-13;1-11(2)13-8-4-6-12(3,10-13)7-5-9-13;/h12H,6-11H2,1-5H3;3*11-12H,5-10H2,1-4H3;11H,4-10H2,1-3H3;1H4. The minimum atomic E-state index is 0. The molecule has 10 aliphatic rings. The van der Waals surface area contributed by atoms with Crippen molar-refractivity contribution in [3.8, 4) is 0 Å². The van der Waals surface area contributed by atoms with E-state index in [1.165, 1.54) is 199 Å². The molecule has 0 spiro atoms. The summed E-state index contributed by atoms with van der Waals surface area (Å²) in [4.78, 5) is 0. The van der Waals surface area contributed by atoms with Crippen molar-refractivity contribution in [2.75, 3.05) is 0 Å². The van der Waals surface area contributed by atoms with E-state index in [2.05, 4.69) is 138 Å². The van der Waals surface area contributed by atoms with Crippen molar-refractivity contribution in [2.24, 2.45) is 107 Å². The summed E-state index contributed by atoms with van der Waals surface area (Å²) in [5.41, 5.74) is 7.49. The molecule has 10 rings (SSSR count). The molecule has 4 unspecified atom stereocenters. The molecule has 0 N–H and O–H groups in total. The van der Waals surface area contributed by atoms with Crippen molar-refractivity contribution in [3.63, 3.8) is 0 Å². The third kappa shape index (κ3) is 14.0. The summed E-state index contributed by atoms with van der Waals surface area (Å²) in [6, 6.07) is 0. The lowest BCUT2D eigenvalue weighted by Crippen LogP contribution is -2.49. The minimum Gasteiger partial charge on any atom is -0.0776 e. The zero-order valence-electron chi connectivity index (χ0n) is 52.0. The molecule has 10 saturated carbocycles. The Balaban J connectivity index is 0.000000165. The molecule has 0 saturated heterocycles. The fraction of sp³-hybridized carbons (Fsp3) is 1.00. The highest BCUT2D eigenvalue weighted by atomic mass is 14.6. The van der Waals surface area contributed by atoms with E-state index in [-0.39, 0.29) is 7.43 Å². The topological polar surface area (TPSA) is 0 Å². The Kier molecular flexibility index (Phi) is 19.8. The second kappa shape index (κ2) is 22.8. The monoisotopic (exact) mass is 987 g/mol. The van der Waals surface area contributed by atoms with Crippen molar-refractivity contribution in [2.45, 2.75) is 345 Å². The SMILES string of the molecule is C.CC(C)C1(C)CC2(C)CCCC(C)(C2)C1.CC(C)C12CCCC(C)(CCC1)C2.CC(C)C1C2(C)CCCC1(C)CCC2.CC(C)C1C2(C)CCCC1(C)CCC2.CC(C)C1CC2(C)CCCC(C)(C1)C2. The van der Waals surface area contributed by atoms with E-state index in [9.17, 15) is 0 Å². The van der Waals surface area contributed by atoms with Crippen molar-refractivity contribution in [1.82, 2.24) is 0 Å². The number of hydrogen-bond acceptors (Lipinski definition) is 0. The van der Waals surface area contributed by atoms with Crippen molar-refractivity contribution >= 4 is 0 Å². The fourth-order valence-electron chi connectivity index (χ4n) is 23.4. The lowest BCUT2D eigenvalue weighted by Gasteiger charge is -2.58. The summed E-state index contributed by atoms with van der Waals surface area (Å²) in [6.45, 7) is 49.8. The first-order valence-electron chi connectivity index (χ1n) is 32.2. The van der Waals surface area contributed by atoms with Gasteiger partial charge in [0.2, 0.25) is 0 Å². The maximum absolute atomic E-state index is 2.56. The van der Waals surface area contributed by atoms with Crippen LogP contribution in [0.15, 0.2) is 0 Å². The summed E-state index contributed by atoms with van der Waals surface area (Å²) < 4.78 is 0. The van der Waals surface area contributed by atoms with E-state index < -0.39 is 0 Å². The van der Waals surface area contributed by atoms with Crippen LogP contribution in [0.3, 0.4) is 0 Å². The van der Waals surface area contributed by atoms with Gasteiger partial charge in [-0.25, -0.2) is 0 Å². The number of fused-ring (bicyclic) bond motifs is 10. The largest absolute Gasteiger partial charge is 0.0776 e. The Morgan fingerprint density at radius 2 is 0.563 bits per heavy atom. The third-order valence-corrected chi connectivity index (χ3v) is 25.6. The van der Waals surface area contributed by atoms with Crippen LogP contribution in [0.2, 0.25) is 0 Å². The zero-order chi connectivity index (χ0) is 52.0. The Hall–Kier alpha value is 0. The van der Waals surface area contributed by atoms with Gasteiger partial charge in [-0.3, -0.25) is 0 Å². The van der Waals surface area contributed by atoms with Gasteiger partial charge in [0.1, 0.15) is 0 Å². The maximum Gasteiger partial charge on any atom is -0.0269 e. The molecule has 10 fully saturated rings. The molecule has 0 aliphatic heterocycles. The molecule has 0 aromatic heterocycles. The Morgan fingerprint density at radius 1 is 0.282 bits per heavy atom. The Bertz CT molecular complexity index is 1500. The van der Waals surface area contributed by atoms with Crippen LogP contribution in [0.5, 0.6) is 0 Å². The van der Waals surface area contributed by atoms with Crippen molar-refractivity contribution in [1.29, 1.82) is 0 Å². The molecule has 71 heavy (non-hydrogen) atoms. The molecule has 0 radical (unpaired) electrons. The van der Waals surface area contributed by atoms with Crippen molar-refractivity contribution < 1.29 is 0 Å². The number of hydrogen-bond donors (Lipinski definition) is 0. The van der Waals surface area contributed by atoms with Gasteiger partial charge in [-0.1, -0.05) is 197 Å². The summed E-state index contributed by atoms with van der Waals surface area (Å²) in [7, 11) is 0. The quantitative estimate of drug-likeness (QED) is 0.258. The summed E-state index contributed by atoms with van der Waals surface area (Å²) in [5.74, 6) is 7.37. The van der Waals surface area contributed by atoms with E-state index >= 15 is 0 Å². The molecule has 4 atom stereocenters. The lowest BCUT2D eigenvalue weighted by molar-refractivity contribution is -0.0829. The van der Waals surface area contributed by atoms with Gasteiger partial charge in [0.05, 0.1) is 0 Å². The zero-order valence-corrected chi connectivity index (χ0v) is 52.0. The van der Waals surface area contributed by atoms with Gasteiger partial charge in [0, 0.05) is 0 Å². The van der Waals surface area contributed by atoms with Crippen LogP contribution in [0, 0.1) is 107 Å². The normalized spacial score (nSPS) is 47.5. The summed E-state index contributed by atoms with van der Waals surface area (Å²) in [5, 5.41) is 0. The lowest BCUT2D eigenvalue weighted by atomic mass is 9.47. The van der Waals surface area contributed by atoms with Crippen LogP contribution in [0.4, 0.5) is 0 Å². The van der Waals surface area contributed by atoms with E-state index in [4.69, 9.17) is 0 Å². The predicted molar refractivity (Wildman–Crippen MR) is 318 cm³/mol. The smallest absolute Gasteiger partial charge is 0.0269 e. The predicted octanol–water partition coefficient (Wildman–Crippen LogP) is 24.0. The Morgan fingerprint density at radius 3 is 0.831 bits per heavy atom. The summed E-state index contributed by atoms with van der Waals surface area (Å²) in [6.07, 6.45) is 46.2. The van der Waals surface area contributed by atoms with E-state index in [1.807, 2.05) is 0 Å². The average molecular weight is 988 g/mol.